The van der Waals surface area contributed by atoms with E-state index < -0.39 is 6.10 Å². The van der Waals surface area contributed by atoms with Crippen LogP contribution < -0.4 is 0 Å². The lowest BCUT2D eigenvalue weighted by molar-refractivity contribution is 0.00136. The van der Waals surface area contributed by atoms with Gasteiger partial charge in [-0.05, 0) is 43.8 Å². The summed E-state index contributed by atoms with van der Waals surface area (Å²) in [6, 6.07) is 0.0433. The molecule has 102 valence electrons. The van der Waals surface area contributed by atoms with Gasteiger partial charge in [0.25, 0.3) is 0 Å². The molecule has 1 saturated heterocycles. The van der Waals surface area contributed by atoms with E-state index in [0.717, 1.165) is 18.7 Å². The summed E-state index contributed by atoms with van der Waals surface area (Å²) in [6.45, 7) is 8.14. The lowest BCUT2D eigenvalue weighted by atomic mass is 9.79. The van der Waals surface area contributed by atoms with E-state index in [1.165, 1.54) is 12.8 Å². The zero-order valence-corrected chi connectivity index (χ0v) is 11.6. The van der Waals surface area contributed by atoms with Gasteiger partial charge >= 0.3 is 0 Å². The van der Waals surface area contributed by atoms with Gasteiger partial charge in [0.15, 0.2) is 0 Å². The van der Waals surface area contributed by atoms with Crippen LogP contribution in [-0.2, 0) is 0 Å². The number of hydrogen-bond acceptors (Lipinski definition) is 4. The van der Waals surface area contributed by atoms with Crippen molar-refractivity contribution in [3.8, 4) is 0 Å². The summed E-state index contributed by atoms with van der Waals surface area (Å²) in [5.41, 5.74) is 1.41. The molecule has 0 spiro atoms. The van der Waals surface area contributed by atoms with Crippen molar-refractivity contribution >= 4 is 5.71 Å². The highest BCUT2D eigenvalue weighted by molar-refractivity contribution is 6.00. The number of rotatable bonds is 1. The number of aliphatic hydroxyl groups excluding tert-OH is 1. The minimum absolute atomic E-state index is 0.0433. The Morgan fingerprint density at radius 1 is 1.33 bits per heavy atom. The molecule has 4 nitrogen and oxygen atoms in total. The van der Waals surface area contributed by atoms with Crippen LogP contribution in [0.3, 0.4) is 0 Å². The molecule has 1 aliphatic heterocycles. The molecule has 2 aliphatic rings. The van der Waals surface area contributed by atoms with Gasteiger partial charge in [-0.1, -0.05) is 25.1 Å². The normalized spacial score (nSPS) is 35.6. The van der Waals surface area contributed by atoms with E-state index in [1.807, 2.05) is 20.8 Å². The third-order valence-corrected chi connectivity index (χ3v) is 4.31. The SMILES string of the molecule is CC1=CC(N2CCCC2)C(O)C(C)(C)C/C1=N\O. The molecule has 0 saturated carbocycles. The van der Waals surface area contributed by atoms with Crippen molar-refractivity contribution in [2.75, 3.05) is 13.1 Å². The molecular formula is C14H24N2O2. The van der Waals surface area contributed by atoms with Crippen LogP contribution in [0.1, 0.15) is 40.0 Å². The van der Waals surface area contributed by atoms with Gasteiger partial charge in [-0.3, -0.25) is 4.90 Å². The van der Waals surface area contributed by atoms with E-state index in [0.29, 0.717) is 12.1 Å². The van der Waals surface area contributed by atoms with Crippen LogP contribution in [0.2, 0.25) is 0 Å². The lowest BCUT2D eigenvalue weighted by Gasteiger charge is -2.37. The average molecular weight is 252 g/mol. The van der Waals surface area contributed by atoms with E-state index in [9.17, 15) is 5.11 Å². The Balaban J connectivity index is 2.33. The van der Waals surface area contributed by atoms with E-state index >= 15 is 0 Å². The van der Waals surface area contributed by atoms with Gasteiger partial charge in [0.05, 0.1) is 17.9 Å². The first-order valence-electron chi connectivity index (χ1n) is 6.77. The molecule has 1 heterocycles. The van der Waals surface area contributed by atoms with E-state index in [2.05, 4.69) is 16.1 Å². The fourth-order valence-electron chi connectivity index (χ4n) is 3.04. The first-order valence-corrected chi connectivity index (χ1v) is 6.77. The van der Waals surface area contributed by atoms with Crippen LogP contribution in [0.15, 0.2) is 16.8 Å². The van der Waals surface area contributed by atoms with Gasteiger partial charge in [-0.25, -0.2) is 0 Å². The van der Waals surface area contributed by atoms with Gasteiger partial charge in [0, 0.05) is 6.42 Å². The number of likely N-dealkylation sites (tertiary alicyclic amines) is 1. The summed E-state index contributed by atoms with van der Waals surface area (Å²) in [5, 5.41) is 23.2. The second-order valence-electron chi connectivity index (χ2n) is 6.24. The first kappa shape index (κ1) is 13.6. The Hall–Kier alpha value is -0.870. The van der Waals surface area contributed by atoms with Gasteiger partial charge in [0.2, 0.25) is 0 Å². The largest absolute Gasteiger partial charge is 0.411 e. The maximum atomic E-state index is 10.6. The molecule has 0 aromatic heterocycles. The summed E-state index contributed by atoms with van der Waals surface area (Å²) < 4.78 is 0. The molecule has 0 aromatic rings. The Kier molecular flexibility index (Phi) is 3.78. The number of oxime groups is 1. The monoisotopic (exact) mass is 252 g/mol. The van der Waals surface area contributed by atoms with Crippen molar-refractivity contribution in [1.29, 1.82) is 0 Å². The molecule has 1 fully saturated rings. The van der Waals surface area contributed by atoms with Crippen molar-refractivity contribution in [3.05, 3.63) is 11.6 Å². The molecule has 0 bridgehead atoms. The quantitative estimate of drug-likeness (QED) is 0.554. The van der Waals surface area contributed by atoms with Gasteiger partial charge in [-0.2, -0.15) is 0 Å². The van der Waals surface area contributed by atoms with Gasteiger partial charge in [-0.15, -0.1) is 0 Å². The molecule has 2 rings (SSSR count). The first-order chi connectivity index (χ1) is 8.45. The van der Waals surface area contributed by atoms with Crippen LogP contribution in [0, 0.1) is 5.41 Å². The summed E-state index contributed by atoms with van der Waals surface area (Å²) in [5.74, 6) is 0. The van der Waals surface area contributed by atoms with E-state index in [1.54, 1.807) is 0 Å². The van der Waals surface area contributed by atoms with Crippen LogP contribution in [0.25, 0.3) is 0 Å². The lowest BCUT2D eigenvalue weighted by Crippen LogP contribution is -2.47. The molecule has 2 unspecified atom stereocenters. The van der Waals surface area contributed by atoms with Crippen LogP contribution in [0.4, 0.5) is 0 Å². The maximum Gasteiger partial charge on any atom is 0.0828 e. The minimum atomic E-state index is -0.426. The molecule has 0 amide bonds. The summed E-state index contributed by atoms with van der Waals surface area (Å²) >= 11 is 0. The smallest absolute Gasteiger partial charge is 0.0828 e. The summed E-state index contributed by atoms with van der Waals surface area (Å²) in [7, 11) is 0. The number of allylic oxidation sites excluding steroid dienone is 1. The molecule has 4 heteroatoms. The third-order valence-electron chi connectivity index (χ3n) is 4.31. The van der Waals surface area contributed by atoms with Crippen molar-refractivity contribution in [2.45, 2.75) is 52.2 Å². The fraction of sp³-hybridized carbons (Fsp3) is 0.786. The van der Waals surface area contributed by atoms with Crippen LogP contribution >= 0.6 is 0 Å². The third kappa shape index (κ3) is 2.45. The van der Waals surface area contributed by atoms with E-state index in [4.69, 9.17) is 5.21 Å². The Bertz CT molecular complexity index is 368. The molecule has 2 N–H and O–H groups in total. The molecule has 18 heavy (non-hydrogen) atoms. The Labute approximate surface area is 109 Å². The van der Waals surface area contributed by atoms with Crippen molar-refractivity contribution in [1.82, 2.24) is 4.90 Å². The molecule has 1 aliphatic carbocycles. The molecule has 2 atom stereocenters. The zero-order chi connectivity index (χ0) is 13.3. The van der Waals surface area contributed by atoms with Crippen molar-refractivity contribution in [3.63, 3.8) is 0 Å². The van der Waals surface area contributed by atoms with Gasteiger partial charge < -0.3 is 10.3 Å². The van der Waals surface area contributed by atoms with Gasteiger partial charge in [0.1, 0.15) is 0 Å². The van der Waals surface area contributed by atoms with E-state index in [-0.39, 0.29) is 11.5 Å². The topological polar surface area (TPSA) is 56.1 Å². The predicted octanol–water partition coefficient (Wildman–Crippen LogP) is 2.02. The molecular weight excluding hydrogens is 228 g/mol. The number of aliphatic hydroxyl groups is 1. The second kappa shape index (κ2) is 5.02. The zero-order valence-electron chi connectivity index (χ0n) is 11.6. The highest BCUT2D eigenvalue weighted by atomic mass is 16.4. The highest BCUT2D eigenvalue weighted by Crippen LogP contribution is 2.35. The summed E-state index contributed by atoms with van der Waals surface area (Å²) in [6.07, 6.45) is 4.66. The highest BCUT2D eigenvalue weighted by Gasteiger charge is 2.40. The predicted molar refractivity (Wildman–Crippen MR) is 72.0 cm³/mol. The maximum absolute atomic E-state index is 10.6. The van der Waals surface area contributed by atoms with Crippen LogP contribution in [-0.4, -0.2) is 46.2 Å². The second-order valence-corrected chi connectivity index (χ2v) is 6.24. The average Bonchev–Trinajstić information content (AvgIpc) is 2.82. The van der Waals surface area contributed by atoms with Crippen LogP contribution in [0.5, 0.6) is 0 Å². The number of hydrogen-bond donors (Lipinski definition) is 2. The Morgan fingerprint density at radius 3 is 2.50 bits per heavy atom. The summed E-state index contributed by atoms with van der Waals surface area (Å²) in [4.78, 5) is 2.34. The standard InChI is InChI=1S/C14H24N2O2/c1-10-8-12(16-6-4-5-7-16)13(17)14(2,3)9-11(10)15-18/h8,12-13,17-18H,4-7,9H2,1-3H3/b15-11+. The fourth-order valence-corrected chi connectivity index (χ4v) is 3.04. The van der Waals surface area contributed by atoms with Crippen molar-refractivity contribution < 1.29 is 10.3 Å². The van der Waals surface area contributed by atoms with Crippen molar-refractivity contribution in [2.24, 2.45) is 10.6 Å². The molecule has 0 radical (unpaired) electrons. The Morgan fingerprint density at radius 2 is 1.94 bits per heavy atom. The molecule has 0 aromatic carbocycles. The minimum Gasteiger partial charge on any atom is -0.411 e. The number of nitrogens with zero attached hydrogens (tertiary/aromatic N) is 2.